The highest BCUT2D eigenvalue weighted by atomic mass is 127. The topological polar surface area (TPSA) is 112 Å². The molecule has 3 rings (SSSR count). The summed E-state index contributed by atoms with van der Waals surface area (Å²) in [7, 11) is 0. The molecule has 0 aliphatic rings. The zero-order valence-corrected chi connectivity index (χ0v) is 19.9. The van der Waals surface area contributed by atoms with Gasteiger partial charge in [-0.25, -0.2) is 9.59 Å². The first-order valence-corrected chi connectivity index (χ1v) is 11.0. The predicted octanol–water partition coefficient (Wildman–Crippen LogP) is 2.91. The van der Waals surface area contributed by atoms with Gasteiger partial charge in [0.2, 0.25) is 0 Å². The summed E-state index contributed by atoms with van der Waals surface area (Å²) < 4.78 is 17.9. The first kappa shape index (κ1) is 23.5. The van der Waals surface area contributed by atoms with Crippen LogP contribution in [0.5, 0.6) is 11.5 Å². The lowest BCUT2D eigenvalue weighted by atomic mass is 10.2. The molecule has 1 aromatic heterocycles. The van der Waals surface area contributed by atoms with Gasteiger partial charge in [0.1, 0.15) is 0 Å². The van der Waals surface area contributed by atoms with E-state index in [1.54, 1.807) is 50.2 Å². The Kier molecular flexibility index (Phi) is 7.67. The molecule has 0 bridgehead atoms. The van der Waals surface area contributed by atoms with Crippen molar-refractivity contribution in [1.29, 1.82) is 0 Å². The Labute approximate surface area is 197 Å². The molecule has 0 saturated heterocycles. The number of halogens is 1. The Bertz CT molecular complexity index is 1280. The minimum absolute atomic E-state index is 0.255. The number of benzene rings is 2. The number of hydrogen-bond acceptors (Lipinski definition) is 7. The second kappa shape index (κ2) is 10.4. The highest BCUT2D eigenvalue weighted by Crippen LogP contribution is 2.34. The number of carbonyl (C=O) groups excluding carboxylic acids is 1. The van der Waals surface area contributed by atoms with Crippen LogP contribution in [0.2, 0.25) is 0 Å². The Hall–Kier alpha value is -3.15. The molecule has 3 aromatic rings. The van der Waals surface area contributed by atoms with Gasteiger partial charge in [-0.3, -0.25) is 4.79 Å². The molecule has 1 atom stereocenters. The van der Waals surface area contributed by atoms with E-state index in [1.165, 1.54) is 6.21 Å². The van der Waals surface area contributed by atoms with Crippen molar-refractivity contribution in [3.05, 3.63) is 66.4 Å². The smallest absolute Gasteiger partial charge is 0.349 e. The Balaban J connectivity index is 1.97. The van der Waals surface area contributed by atoms with Gasteiger partial charge in [-0.2, -0.15) is 5.10 Å². The monoisotopic (exact) mass is 551 g/mol. The third-order valence-corrected chi connectivity index (χ3v) is 5.15. The minimum Gasteiger partial charge on any atom is -0.490 e. The van der Waals surface area contributed by atoms with Gasteiger partial charge < -0.3 is 19.2 Å². The molecule has 1 N–H and O–H groups in total. The molecule has 10 heteroatoms. The number of H-pyrrole nitrogens is 1. The van der Waals surface area contributed by atoms with Crippen LogP contribution >= 0.6 is 22.6 Å². The second-order valence-corrected chi connectivity index (χ2v) is 7.77. The maximum absolute atomic E-state index is 12.6. The van der Waals surface area contributed by atoms with Crippen molar-refractivity contribution >= 4 is 45.7 Å². The number of ether oxygens (including phenoxy) is 3. The van der Waals surface area contributed by atoms with Crippen molar-refractivity contribution in [2.45, 2.75) is 26.9 Å². The lowest BCUT2D eigenvalue weighted by Crippen LogP contribution is -2.32. The number of fused-ring (bicyclic) bond motifs is 1. The van der Waals surface area contributed by atoms with Crippen LogP contribution < -0.4 is 20.7 Å². The number of nitrogens with zero attached hydrogens (tertiary/aromatic N) is 2. The molecule has 0 unspecified atom stereocenters. The quantitative estimate of drug-likeness (QED) is 0.262. The lowest BCUT2D eigenvalue weighted by Gasteiger charge is -2.18. The van der Waals surface area contributed by atoms with Crippen LogP contribution in [-0.2, 0) is 9.53 Å². The van der Waals surface area contributed by atoms with E-state index in [2.05, 4.69) is 32.7 Å². The molecule has 168 valence electrons. The Morgan fingerprint density at radius 2 is 1.97 bits per heavy atom. The van der Waals surface area contributed by atoms with Gasteiger partial charge in [0.15, 0.2) is 17.6 Å². The molecule has 1 heterocycles. The summed E-state index contributed by atoms with van der Waals surface area (Å²) in [6.07, 6.45) is 0.561. The summed E-state index contributed by atoms with van der Waals surface area (Å²) in [6, 6.07) is 10.1. The molecule has 9 nitrogen and oxygen atoms in total. The number of para-hydroxylation sites is 1. The van der Waals surface area contributed by atoms with Gasteiger partial charge in [-0.1, -0.05) is 12.1 Å². The van der Waals surface area contributed by atoms with Crippen LogP contribution in [0, 0.1) is 3.57 Å². The van der Waals surface area contributed by atoms with Crippen molar-refractivity contribution in [3.8, 4) is 11.5 Å². The maximum Gasteiger partial charge on any atom is 0.349 e. The number of aromatic amines is 1. The van der Waals surface area contributed by atoms with E-state index in [9.17, 15) is 14.4 Å². The average Bonchev–Trinajstić information content (AvgIpc) is 2.76. The van der Waals surface area contributed by atoms with Crippen molar-refractivity contribution in [2.24, 2.45) is 5.10 Å². The summed E-state index contributed by atoms with van der Waals surface area (Å²) in [6.45, 7) is 5.76. The maximum atomic E-state index is 12.6. The first-order chi connectivity index (χ1) is 15.3. The van der Waals surface area contributed by atoms with E-state index in [0.29, 0.717) is 38.1 Å². The van der Waals surface area contributed by atoms with E-state index in [-0.39, 0.29) is 6.61 Å². The first-order valence-electron chi connectivity index (χ1n) is 9.93. The van der Waals surface area contributed by atoms with E-state index in [0.717, 1.165) is 4.68 Å². The lowest BCUT2D eigenvalue weighted by molar-refractivity contribution is -0.150. The van der Waals surface area contributed by atoms with E-state index in [4.69, 9.17) is 14.2 Å². The standard InChI is InChI=1S/C22H22IN3O6/c1-4-30-18-11-14(10-16(23)19(18)32-13(3)21(28)31-5-2)12-24-26-20(27)15-8-6-7-9-17(15)25-22(26)29/h6-13H,4-5H2,1-3H3,(H,25,29)/t13-/m1/s1. The molecule has 0 aliphatic carbocycles. The van der Waals surface area contributed by atoms with Crippen molar-refractivity contribution < 1.29 is 19.0 Å². The molecule has 0 fully saturated rings. The fourth-order valence-corrected chi connectivity index (χ4v) is 3.66. The van der Waals surface area contributed by atoms with Crippen LogP contribution in [-0.4, -0.2) is 41.2 Å². The van der Waals surface area contributed by atoms with Gasteiger partial charge in [0.05, 0.1) is 33.9 Å². The number of aromatic nitrogens is 2. The summed E-state index contributed by atoms with van der Waals surface area (Å²) >= 11 is 2.05. The summed E-state index contributed by atoms with van der Waals surface area (Å²) in [4.78, 5) is 39.5. The van der Waals surface area contributed by atoms with Crippen LogP contribution in [0.1, 0.15) is 26.3 Å². The van der Waals surface area contributed by atoms with Crippen LogP contribution in [0.25, 0.3) is 10.9 Å². The SMILES string of the molecule is CCOC(=O)[C@@H](C)Oc1c(I)cc(C=Nn2c(=O)[nH]c3ccccc3c2=O)cc1OCC. The molecule has 0 aliphatic heterocycles. The zero-order chi connectivity index (χ0) is 23.3. The zero-order valence-electron chi connectivity index (χ0n) is 17.8. The van der Waals surface area contributed by atoms with Crippen molar-refractivity contribution in [1.82, 2.24) is 9.66 Å². The summed E-state index contributed by atoms with van der Waals surface area (Å²) in [5.41, 5.74) is -0.149. The molecular weight excluding hydrogens is 529 g/mol. The minimum atomic E-state index is -0.822. The number of nitrogens with one attached hydrogen (secondary N) is 1. The number of hydrogen-bond donors (Lipinski definition) is 1. The Morgan fingerprint density at radius 1 is 1.22 bits per heavy atom. The molecular formula is C22H22IN3O6. The van der Waals surface area contributed by atoms with E-state index in [1.807, 2.05) is 6.92 Å². The van der Waals surface area contributed by atoms with Gasteiger partial charge in [-0.15, -0.1) is 4.68 Å². The molecule has 0 radical (unpaired) electrons. The van der Waals surface area contributed by atoms with E-state index >= 15 is 0 Å². The van der Waals surface area contributed by atoms with Gasteiger partial charge in [0.25, 0.3) is 5.56 Å². The Morgan fingerprint density at radius 3 is 2.69 bits per heavy atom. The predicted molar refractivity (Wildman–Crippen MR) is 129 cm³/mol. The summed E-state index contributed by atoms with van der Waals surface area (Å²) in [5.74, 6) is 0.314. The second-order valence-electron chi connectivity index (χ2n) is 6.61. The molecule has 32 heavy (non-hydrogen) atoms. The number of rotatable bonds is 8. The number of carbonyl (C=O) groups is 1. The third kappa shape index (κ3) is 5.18. The largest absolute Gasteiger partial charge is 0.490 e. The normalized spacial score (nSPS) is 12.1. The van der Waals surface area contributed by atoms with Gasteiger partial charge in [-0.05, 0) is 73.2 Å². The fourth-order valence-electron chi connectivity index (χ4n) is 2.91. The van der Waals surface area contributed by atoms with Crippen molar-refractivity contribution in [3.63, 3.8) is 0 Å². The van der Waals surface area contributed by atoms with Gasteiger partial charge >= 0.3 is 11.7 Å². The highest BCUT2D eigenvalue weighted by Gasteiger charge is 2.20. The molecule has 2 aromatic carbocycles. The van der Waals surface area contributed by atoms with Crippen LogP contribution in [0.3, 0.4) is 0 Å². The highest BCUT2D eigenvalue weighted by molar-refractivity contribution is 14.1. The van der Waals surface area contributed by atoms with Crippen molar-refractivity contribution in [2.75, 3.05) is 13.2 Å². The van der Waals surface area contributed by atoms with Gasteiger partial charge in [0, 0.05) is 0 Å². The molecule has 0 saturated carbocycles. The molecule has 0 spiro atoms. The molecule has 0 amide bonds. The van der Waals surface area contributed by atoms with Crippen LogP contribution in [0.15, 0.2) is 51.1 Å². The fraction of sp³-hybridized carbons (Fsp3) is 0.273. The third-order valence-electron chi connectivity index (χ3n) is 4.35. The van der Waals surface area contributed by atoms with E-state index < -0.39 is 23.3 Å². The number of esters is 1. The van der Waals surface area contributed by atoms with Crippen LogP contribution in [0.4, 0.5) is 0 Å². The summed E-state index contributed by atoms with van der Waals surface area (Å²) in [5, 5.41) is 4.43. The average molecular weight is 551 g/mol.